The highest BCUT2D eigenvalue weighted by Gasteiger charge is 2.38. The molecule has 1 N–H and O–H groups in total. The Hall–Kier alpha value is -1.36. The molecule has 11 heteroatoms. The Bertz CT molecular complexity index is 702. The molecule has 23 heavy (non-hydrogen) atoms. The van der Waals surface area contributed by atoms with Gasteiger partial charge in [0.15, 0.2) is 0 Å². The Balaban J connectivity index is 2.00. The molecule has 1 aliphatic rings. The molecular formula is C12H19F3N4O3S. The molecule has 0 saturated heterocycles. The van der Waals surface area contributed by atoms with E-state index in [-0.39, 0.29) is 13.1 Å². The summed E-state index contributed by atoms with van der Waals surface area (Å²) in [7, 11) is -2.55. The van der Waals surface area contributed by atoms with Gasteiger partial charge in [0, 0.05) is 13.6 Å². The van der Waals surface area contributed by atoms with Crippen LogP contribution < -0.4 is 10.4 Å². The molecule has 0 bridgehead atoms. The van der Waals surface area contributed by atoms with Crippen LogP contribution in [0.5, 0.6) is 0 Å². The van der Waals surface area contributed by atoms with E-state index in [9.17, 15) is 26.4 Å². The zero-order valence-electron chi connectivity index (χ0n) is 12.6. The van der Waals surface area contributed by atoms with Crippen molar-refractivity contribution in [2.24, 2.45) is 7.05 Å². The lowest BCUT2D eigenvalue weighted by atomic mass is 10.0. The Labute approximate surface area is 131 Å². The number of sulfonamides is 1. The third-order valence-electron chi connectivity index (χ3n) is 3.91. The van der Waals surface area contributed by atoms with Gasteiger partial charge < -0.3 is 0 Å². The molecule has 132 valence electrons. The van der Waals surface area contributed by atoms with Crippen LogP contribution in [0, 0.1) is 0 Å². The van der Waals surface area contributed by atoms with Crippen molar-refractivity contribution in [1.29, 1.82) is 0 Å². The minimum absolute atomic E-state index is 0.174. The summed E-state index contributed by atoms with van der Waals surface area (Å²) in [6, 6.07) is 0. The fraction of sp³-hybridized carbons (Fsp3) is 0.833. The fourth-order valence-corrected chi connectivity index (χ4v) is 4.23. The second-order valence-electron chi connectivity index (χ2n) is 5.59. The molecule has 1 aliphatic carbocycles. The first-order valence-corrected chi connectivity index (χ1v) is 8.87. The summed E-state index contributed by atoms with van der Waals surface area (Å²) in [5, 5.41) is 2.75. The van der Waals surface area contributed by atoms with Crippen molar-refractivity contribution in [2.75, 3.05) is 6.54 Å². The molecule has 0 spiro atoms. The second kappa shape index (κ2) is 6.63. The van der Waals surface area contributed by atoms with Crippen LogP contribution >= 0.6 is 0 Å². The van der Waals surface area contributed by atoms with Crippen molar-refractivity contribution in [2.45, 2.75) is 50.1 Å². The van der Waals surface area contributed by atoms with Gasteiger partial charge in [0.05, 0.1) is 11.8 Å². The maximum atomic E-state index is 12.6. The highest BCUT2D eigenvalue weighted by molar-refractivity contribution is 7.90. The zero-order valence-corrected chi connectivity index (χ0v) is 13.5. The molecule has 0 aliphatic heterocycles. The Morgan fingerprint density at radius 2 is 1.87 bits per heavy atom. The summed E-state index contributed by atoms with van der Waals surface area (Å²) in [5.41, 5.74) is -0.936. The summed E-state index contributed by atoms with van der Waals surface area (Å²) in [5.74, 6) is -1.31. The normalized spacial score (nSPS) is 17.6. The predicted molar refractivity (Wildman–Crippen MR) is 76.3 cm³/mol. The quantitative estimate of drug-likeness (QED) is 0.848. The van der Waals surface area contributed by atoms with E-state index in [1.165, 1.54) is 0 Å². The first-order valence-electron chi connectivity index (χ1n) is 7.32. The molecule has 1 aromatic heterocycles. The van der Waals surface area contributed by atoms with Gasteiger partial charge in [-0.3, -0.25) is 4.57 Å². The monoisotopic (exact) mass is 356 g/mol. The van der Waals surface area contributed by atoms with Gasteiger partial charge in [-0.25, -0.2) is 22.6 Å². The van der Waals surface area contributed by atoms with Crippen LogP contribution in [0.2, 0.25) is 0 Å². The van der Waals surface area contributed by atoms with E-state index in [1.54, 1.807) is 0 Å². The molecule has 2 rings (SSSR count). The van der Waals surface area contributed by atoms with E-state index < -0.39 is 33.0 Å². The van der Waals surface area contributed by atoms with Crippen molar-refractivity contribution in [3.63, 3.8) is 0 Å². The lowest BCUT2D eigenvalue weighted by molar-refractivity contribution is -0.147. The lowest BCUT2D eigenvalue weighted by Crippen LogP contribution is -2.38. The van der Waals surface area contributed by atoms with E-state index in [0.717, 1.165) is 26.3 Å². The average molecular weight is 356 g/mol. The molecule has 0 amide bonds. The minimum atomic E-state index is -4.74. The van der Waals surface area contributed by atoms with Crippen LogP contribution in [0.15, 0.2) is 4.79 Å². The molecule has 1 heterocycles. The smallest absolute Gasteiger partial charge is 0.274 e. The first-order chi connectivity index (χ1) is 10.6. The molecule has 0 radical (unpaired) electrons. The number of aromatic nitrogens is 3. The number of hydrogen-bond acceptors (Lipinski definition) is 4. The minimum Gasteiger partial charge on any atom is -0.274 e. The van der Waals surface area contributed by atoms with Crippen LogP contribution in [0.3, 0.4) is 0 Å². The van der Waals surface area contributed by atoms with Gasteiger partial charge in [-0.15, -0.1) is 5.10 Å². The predicted octanol–water partition coefficient (Wildman–Crippen LogP) is 0.853. The van der Waals surface area contributed by atoms with Crippen LogP contribution in [-0.2, 0) is 29.8 Å². The number of nitrogens with zero attached hydrogens (tertiary/aromatic N) is 3. The standard InChI is InChI=1S/C12H19F3N4O3S/c1-18-10(12(13,14)15)17-19(11(18)20)8-7-16-23(21,22)9-5-3-2-4-6-9/h9,16H,2-8H2,1H3. The third kappa shape index (κ3) is 4.14. The van der Waals surface area contributed by atoms with Crippen molar-refractivity contribution in [3.05, 3.63) is 16.3 Å². The molecule has 1 saturated carbocycles. The van der Waals surface area contributed by atoms with Gasteiger partial charge in [-0.2, -0.15) is 13.2 Å². The Morgan fingerprint density at radius 3 is 2.39 bits per heavy atom. The van der Waals surface area contributed by atoms with Gasteiger partial charge in [-0.05, 0) is 12.8 Å². The summed E-state index contributed by atoms with van der Waals surface area (Å²) < 4.78 is 65.5. The highest BCUT2D eigenvalue weighted by atomic mass is 32.2. The van der Waals surface area contributed by atoms with E-state index in [1.807, 2.05) is 0 Å². The fourth-order valence-electron chi connectivity index (χ4n) is 2.67. The van der Waals surface area contributed by atoms with Gasteiger partial charge in [0.1, 0.15) is 0 Å². The molecule has 0 unspecified atom stereocenters. The number of rotatable bonds is 5. The molecule has 0 atom stereocenters. The van der Waals surface area contributed by atoms with E-state index >= 15 is 0 Å². The number of nitrogens with one attached hydrogen (secondary N) is 1. The summed E-state index contributed by atoms with van der Waals surface area (Å²) in [6.45, 7) is -0.429. The largest absolute Gasteiger partial charge is 0.451 e. The first kappa shape index (κ1) is 18.0. The number of halogens is 3. The van der Waals surface area contributed by atoms with Crippen LogP contribution in [0.1, 0.15) is 37.9 Å². The van der Waals surface area contributed by atoms with E-state index in [0.29, 0.717) is 22.1 Å². The molecule has 1 aromatic rings. The third-order valence-corrected chi connectivity index (χ3v) is 5.87. The van der Waals surface area contributed by atoms with E-state index in [2.05, 4.69) is 9.82 Å². The van der Waals surface area contributed by atoms with Gasteiger partial charge in [0.2, 0.25) is 15.8 Å². The number of alkyl halides is 3. The van der Waals surface area contributed by atoms with Gasteiger partial charge in [0.25, 0.3) is 0 Å². The SMILES string of the molecule is Cn1c(C(F)(F)F)nn(CCNS(=O)(=O)C2CCCCC2)c1=O. The number of hydrogen-bond donors (Lipinski definition) is 1. The molecular weight excluding hydrogens is 337 g/mol. The van der Waals surface area contributed by atoms with Crippen molar-refractivity contribution in [3.8, 4) is 0 Å². The molecule has 7 nitrogen and oxygen atoms in total. The van der Waals surface area contributed by atoms with Crippen LogP contribution in [-0.4, -0.2) is 34.6 Å². The second-order valence-corrected chi connectivity index (χ2v) is 7.63. The zero-order chi connectivity index (χ0) is 17.3. The van der Waals surface area contributed by atoms with Gasteiger partial charge in [-0.1, -0.05) is 19.3 Å². The van der Waals surface area contributed by atoms with Gasteiger partial charge >= 0.3 is 11.9 Å². The Morgan fingerprint density at radius 1 is 1.26 bits per heavy atom. The van der Waals surface area contributed by atoms with Crippen LogP contribution in [0.25, 0.3) is 0 Å². The summed E-state index contributed by atoms with van der Waals surface area (Å²) >= 11 is 0. The topological polar surface area (TPSA) is 86.0 Å². The molecule has 0 aromatic carbocycles. The summed E-state index contributed by atoms with van der Waals surface area (Å²) in [6.07, 6.45) is -0.870. The van der Waals surface area contributed by atoms with Crippen LogP contribution in [0.4, 0.5) is 13.2 Å². The van der Waals surface area contributed by atoms with Crippen molar-refractivity contribution in [1.82, 2.24) is 19.1 Å². The highest BCUT2D eigenvalue weighted by Crippen LogP contribution is 2.26. The average Bonchev–Trinajstić information content (AvgIpc) is 2.76. The molecule has 1 fully saturated rings. The Kier molecular flexibility index (Phi) is 5.19. The van der Waals surface area contributed by atoms with E-state index in [4.69, 9.17) is 0 Å². The lowest BCUT2D eigenvalue weighted by Gasteiger charge is -2.21. The maximum absolute atomic E-state index is 12.6. The van der Waals surface area contributed by atoms with Crippen molar-refractivity contribution >= 4 is 10.0 Å². The maximum Gasteiger partial charge on any atom is 0.451 e. The van der Waals surface area contributed by atoms with Crippen molar-refractivity contribution < 1.29 is 21.6 Å². The summed E-state index contributed by atoms with van der Waals surface area (Å²) in [4.78, 5) is 11.7.